The topological polar surface area (TPSA) is 129 Å². The molecule has 9 heteroatoms. The third-order valence-corrected chi connectivity index (χ3v) is 2.03. The predicted octanol–water partition coefficient (Wildman–Crippen LogP) is 1.02. The lowest BCUT2D eigenvalue weighted by Crippen LogP contribution is -2.30. The van der Waals surface area contributed by atoms with Crippen molar-refractivity contribution in [2.45, 2.75) is 12.6 Å². The third-order valence-electron chi connectivity index (χ3n) is 2.03. The fourth-order valence-electron chi connectivity index (χ4n) is 1.23. The number of nitro benzene ring substituents is 1. The van der Waals surface area contributed by atoms with Gasteiger partial charge in [-0.1, -0.05) is 12.1 Å². The fraction of sp³-hybridized carbons (Fsp3) is 0.250. The van der Waals surface area contributed by atoms with Gasteiger partial charge in [0.2, 0.25) is 0 Å². The molecule has 0 saturated heterocycles. The summed E-state index contributed by atoms with van der Waals surface area (Å²) in [5.41, 5.74) is -0.0782. The van der Waals surface area contributed by atoms with Crippen molar-refractivity contribution >= 4 is 5.69 Å². The van der Waals surface area contributed by atoms with Crippen molar-refractivity contribution in [3.8, 4) is 0 Å². The number of benzene rings is 1. The van der Waals surface area contributed by atoms with E-state index in [0.717, 1.165) is 6.07 Å². The molecule has 90 valence electrons. The van der Waals surface area contributed by atoms with Gasteiger partial charge in [-0.3, -0.25) is 30.3 Å². The van der Waals surface area contributed by atoms with Crippen LogP contribution in [-0.4, -0.2) is 20.9 Å². The molecule has 0 aromatic heterocycles. The lowest BCUT2D eigenvalue weighted by molar-refractivity contribution is -0.741. The van der Waals surface area contributed by atoms with Gasteiger partial charge in [0.1, 0.15) is 6.42 Å². The molecular weight excluding hydrogens is 234 g/mol. The van der Waals surface area contributed by atoms with Gasteiger partial charge in [0, 0.05) is 12.1 Å². The van der Waals surface area contributed by atoms with Gasteiger partial charge in [-0.05, 0) is 5.56 Å². The van der Waals surface area contributed by atoms with Gasteiger partial charge in [0.15, 0.2) is 0 Å². The highest BCUT2D eigenvalue weighted by Gasteiger charge is 2.32. The van der Waals surface area contributed by atoms with Crippen molar-refractivity contribution < 1.29 is 14.8 Å². The lowest BCUT2D eigenvalue weighted by Gasteiger charge is -2.02. The highest BCUT2D eigenvalue weighted by atomic mass is 16.7. The Morgan fingerprint density at radius 2 is 1.65 bits per heavy atom. The molecule has 0 aliphatic carbocycles. The monoisotopic (exact) mass is 241 g/mol. The summed E-state index contributed by atoms with van der Waals surface area (Å²) in [5.74, 6) is 0. The number of non-ortho nitro benzene ring substituents is 1. The summed E-state index contributed by atoms with van der Waals surface area (Å²) in [6, 6.07) is 4.98. The molecule has 0 radical (unpaired) electrons. The Hall–Kier alpha value is -2.58. The first-order chi connectivity index (χ1) is 7.91. The van der Waals surface area contributed by atoms with E-state index in [2.05, 4.69) is 0 Å². The lowest BCUT2D eigenvalue weighted by atomic mass is 10.1. The van der Waals surface area contributed by atoms with Crippen LogP contribution < -0.4 is 0 Å². The van der Waals surface area contributed by atoms with Crippen molar-refractivity contribution in [3.05, 3.63) is 60.2 Å². The predicted molar refractivity (Wildman–Crippen MR) is 54.6 cm³/mol. The zero-order valence-electron chi connectivity index (χ0n) is 8.38. The van der Waals surface area contributed by atoms with Gasteiger partial charge in [-0.2, -0.15) is 0 Å². The second-order valence-electron chi connectivity index (χ2n) is 3.18. The van der Waals surface area contributed by atoms with E-state index in [1.54, 1.807) is 0 Å². The van der Waals surface area contributed by atoms with Gasteiger partial charge in [-0.15, -0.1) is 0 Å². The summed E-state index contributed by atoms with van der Waals surface area (Å²) in [7, 11) is 0. The maximum Gasteiger partial charge on any atom is 0.454 e. The fourth-order valence-corrected chi connectivity index (χ4v) is 1.23. The zero-order valence-corrected chi connectivity index (χ0v) is 8.38. The Kier molecular flexibility index (Phi) is 3.65. The smallest absolute Gasteiger partial charge is 0.259 e. The van der Waals surface area contributed by atoms with E-state index >= 15 is 0 Å². The molecule has 0 fully saturated rings. The van der Waals surface area contributed by atoms with Gasteiger partial charge < -0.3 is 0 Å². The van der Waals surface area contributed by atoms with Crippen molar-refractivity contribution in [1.82, 2.24) is 0 Å². The maximum atomic E-state index is 10.4. The van der Waals surface area contributed by atoms with Crippen LogP contribution in [0.15, 0.2) is 24.3 Å². The summed E-state index contributed by atoms with van der Waals surface area (Å²) in [6.07, 6.45) is -2.47. The summed E-state index contributed by atoms with van der Waals surface area (Å²) >= 11 is 0. The van der Waals surface area contributed by atoms with Gasteiger partial charge in [0.25, 0.3) is 5.69 Å². The molecule has 0 unspecified atom stereocenters. The molecule has 0 N–H and O–H groups in total. The molecule has 17 heavy (non-hydrogen) atoms. The number of nitro groups is 3. The van der Waals surface area contributed by atoms with Gasteiger partial charge in [-0.25, -0.2) is 0 Å². The molecule has 0 aliphatic heterocycles. The van der Waals surface area contributed by atoms with E-state index in [1.807, 2.05) is 0 Å². The summed E-state index contributed by atoms with van der Waals surface area (Å²) < 4.78 is 0. The van der Waals surface area contributed by atoms with E-state index in [9.17, 15) is 30.3 Å². The average Bonchev–Trinajstić information content (AvgIpc) is 2.25. The molecule has 9 nitrogen and oxygen atoms in total. The van der Waals surface area contributed by atoms with Crippen molar-refractivity contribution in [2.75, 3.05) is 0 Å². The number of nitrogens with zero attached hydrogens (tertiary/aromatic N) is 3. The minimum Gasteiger partial charge on any atom is -0.259 e. The number of rotatable bonds is 5. The van der Waals surface area contributed by atoms with Crippen LogP contribution in [0.1, 0.15) is 5.56 Å². The van der Waals surface area contributed by atoms with E-state index in [4.69, 9.17) is 0 Å². The van der Waals surface area contributed by atoms with Crippen LogP contribution in [0.5, 0.6) is 0 Å². The minimum absolute atomic E-state index is 0.178. The van der Waals surface area contributed by atoms with Gasteiger partial charge in [0.05, 0.1) is 14.8 Å². The van der Waals surface area contributed by atoms with E-state index in [0.29, 0.717) is 0 Å². The Bertz CT molecular complexity index is 460. The van der Waals surface area contributed by atoms with Crippen molar-refractivity contribution in [3.63, 3.8) is 0 Å². The maximum absolute atomic E-state index is 10.4. The van der Waals surface area contributed by atoms with Crippen LogP contribution in [0.3, 0.4) is 0 Å². The molecule has 0 heterocycles. The van der Waals surface area contributed by atoms with Crippen molar-refractivity contribution in [2.24, 2.45) is 0 Å². The Balaban J connectivity index is 2.94. The van der Waals surface area contributed by atoms with E-state index in [1.165, 1.54) is 18.2 Å². The minimum atomic E-state index is -1.99. The molecule has 1 aromatic carbocycles. The molecule has 0 aliphatic rings. The van der Waals surface area contributed by atoms with Crippen LogP contribution >= 0.6 is 0 Å². The van der Waals surface area contributed by atoms with Crippen LogP contribution in [0.4, 0.5) is 5.69 Å². The molecular formula is C8H7N3O6. The van der Waals surface area contributed by atoms with E-state index < -0.39 is 27.4 Å². The number of hydrogen-bond donors (Lipinski definition) is 0. The Morgan fingerprint density at radius 1 is 1.06 bits per heavy atom. The third kappa shape index (κ3) is 3.19. The molecule has 1 rings (SSSR count). The molecule has 0 bridgehead atoms. The number of hydrogen-bond acceptors (Lipinski definition) is 6. The Morgan fingerprint density at radius 3 is 2.12 bits per heavy atom. The second-order valence-corrected chi connectivity index (χ2v) is 3.18. The second kappa shape index (κ2) is 4.96. The molecule has 1 aromatic rings. The van der Waals surface area contributed by atoms with Crippen LogP contribution in [0, 0.1) is 30.3 Å². The van der Waals surface area contributed by atoms with Crippen molar-refractivity contribution in [1.29, 1.82) is 0 Å². The first-order valence-corrected chi connectivity index (χ1v) is 4.42. The highest BCUT2D eigenvalue weighted by Crippen LogP contribution is 2.15. The summed E-state index contributed by atoms with van der Waals surface area (Å²) in [4.78, 5) is 28.5. The molecule has 0 saturated carbocycles. The quantitative estimate of drug-likeness (QED) is 0.429. The van der Waals surface area contributed by atoms with Crippen LogP contribution in [0.25, 0.3) is 0 Å². The molecule has 0 atom stereocenters. The van der Waals surface area contributed by atoms with E-state index in [-0.39, 0.29) is 11.3 Å². The highest BCUT2D eigenvalue weighted by molar-refractivity contribution is 5.34. The Labute approximate surface area is 94.1 Å². The van der Waals surface area contributed by atoms with Crippen LogP contribution in [0.2, 0.25) is 0 Å². The molecule has 0 spiro atoms. The summed E-state index contributed by atoms with van der Waals surface area (Å²) in [5, 5.41) is 31.2. The SMILES string of the molecule is O=[N+]([O-])c1cccc(CC([N+](=O)[O-])[N+](=O)[O-])c1. The zero-order chi connectivity index (χ0) is 13.0. The summed E-state index contributed by atoms with van der Waals surface area (Å²) in [6.45, 7) is 0. The standard InChI is InChI=1S/C8H7N3O6/c12-9(13)7-3-1-2-6(4-7)5-8(10(14)15)11(16)17/h1-4,8H,5H2. The normalized spacial score (nSPS) is 10.2. The largest absolute Gasteiger partial charge is 0.454 e. The first-order valence-electron chi connectivity index (χ1n) is 4.42. The van der Waals surface area contributed by atoms with Gasteiger partial charge >= 0.3 is 6.17 Å². The first kappa shape index (κ1) is 12.5. The van der Waals surface area contributed by atoms with Crippen LogP contribution in [-0.2, 0) is 6.42 Å². The molecule has 0 amide bonds. The average molecular weight is 241 g/mol.